The van der Waals surface area contributed by atoms with Gasteiger partial charge in [-0.3, -0.25) is 14.9 Å². The van der Waals surface area contributed by atoms with Crippen molar-refractivity contribution in [2.75, 3.05) is 0 Å². The minimum atomic E-state index is -0.985. The van der Waals surface area contributed by atoms with E-state index in [0.717, 1.165) is 25.7 Å². The number of rotatable bonds is 6. The van der Waals surface area contributed by atoms with Gasteiger partial charge in [-0.25, -0.2) is 0 Å². The van der Waals surface area contributed by atoms with Gasteiger partial charge in [-0.15, -0.1) is 0 Å². The third kappa shape index (κ3) is 4.29. The summed E-state index contributed by atoms with van der Waals surface area (Å²) in [7, 11) is 0. The van der Waals surface area contributed by atoms with Crippen LogP contribution in [0.25, 0.3) is 0 Å². The highest BCUT2D eigenvalue weighted by Gasteiger charge is 2.26. The molecule has 1 fully saturated rings. The Balaban J connectivity index is 1.96. The first kappa shape index (κ1) is 15.5. The van der Waals surface area contributed by atoms with Crippen LogP contribution in [0.1, 0.15) is 44.2 Å². The van der Waals surface area contributed by atoms with Crippen molar-refractivity contribution in [1.29, 1.82) is 0 Å². The van der Waals surface area contributed by atoms with Crippen LogP contribution < -0.4 is 10.6 Å². The first-order valence-corrected chi connectivity index (χ1v) is 7.42. The molecule has 2 unspecified atom stereocenters. The van der Waals surface area contributed by atoms with E-state index >= 15 is 0 Å². The number of amides is 1. The highest BCUT2D eigenvalue weighted by Crippen LogP contribution is 2.18. The molecule has 3 N–H and O–H groups in total. The van der Waals surface area contributed by atoms with Gasteiger partial charge in [0.05, 0.1) is 6.04 Å². The number of hydrogen-bond donors (Lipinski definition) is 3. The predicted molar refractivity (Wildman–Crippen MR) is 79.8 cm³/mol. The Morgan fingerprint density at radius 1 is 1.19 bits per heavy atom. The summed E-state index contributed by atoms with van der Waals surface area (Å²) in [6.07, 6.45) is 4.32. The fraction of sp³-hybridized carbons (Fsp3) is 0.500. The van der Waals surface area contributed by atoms with E-state index < -0.39 is 18.1 Å². The lowest BCUT2D eigenvalue weighted by Crippen LogP contribution is -2.48. The van der Waals surface area contributed by atoms with Crippen LogP contribution >= 0.6 is 0 Å². The molecule has 1 aromatic carbocycles. The van der Waals surface area contributed by atoms with Gasteiger partial charge in [-0.05, 0) is 25.3 Å². The normalized spacial score (nSPS) is 18.1. The van der Waals surface area contributed by atoms with Crippen LogP contribution in [0.5, 0.6) is 0 Å². The Bertz CT molecular complexity index is 484. The predicted octanol–water partition coefficient (Wildman–Crippen LogP) is 1.85. The van der Waals surface area contributed by atoms with Gasteiger partial charge < -0.3 is 10.4 Å². The van der Waals surface area contributed by atoms with Crippen LogP contribution in [0, 0.1) is 0 Å². The van der Waals surface area contributed by atoms with Crippen molar-refractivity contribution in [3.63, 3.8) is 0 Å². The van der Waals surface area contributed by atoms with E-state index in [2.05, 4.69) is 10.6 Å². The Kier molecular flexibility index (Phi) is 5.33. The van der Waals surface area contributed by atoms with E-state index in [-0.39, 0.29) is 11.9 Å². The van der Waals surface area contributed by atoms with Crippen LogP contribution in [-0.4, -0.2) is 29.1 Å². The van der Waals surface area contributed by atoms with E-state index in [4.69, 9.17) is 0 Å². The molecule has 0 heterocycles. The van der Waals surface area contributed by atoms with Gasteiger partial charge in [0.1, 0.15) is 6.04 Å². The van der Waals surface area contributed by atoms with Gasteiger partial charge in [0.25, 0.3) is 0 Å². The van der Waals surface area contributed by atoms with Crippen molar-refractivity contribution in [3.05, 3.63) is 35.9 Å². The number of benzene rings is 1. The number of carbonyl (C=O) groups is 2. The summed E-state index contributed by atoms with van der Waals surface area (Å²) in [5.74, 6) is -1.12. The summed E-state index contributed by atoms with van der Waals surface area (Å²) < 4.78 is 0. The monoisotopic (exact) mass is 290 g/mol. The van der Waals surface area contributed by atoms with Crippen molar-refractivity contribution < 1.29 is 14.7 Å². The molecule has 2 rings (SSSR count). The molecule has 21 heavy (non-hydrogen) atoms. The molecule has 5 nitrogen and oxygen atoms in total. The van der Waals surface area contributed by atoms with E-state index in [0.29, 0.717) is 5.56 Å². The molecule has 0 radical (unpaired) electrons. The zero-order valence-electron chi connectivity index (χ0n) is 12.2. The van der Waals surface area contributed by atoms with Gasteiger partial charge in [0, 0.05) is 6.04 Å². The highest BCUT2D eigenvalue weighted by atomic mass is 16.4. The van der Waals surface area contributed by atoms with Crippen molar-refractivity contribution in [1.82, 2.24) is 10.6 Å². The minimum absolute atomic E-state index is 0.135. The third-order valence-electron chi connectivity index (χ3n) is 3.89. The summed E-state index contributed by atoms with van der Waals surface area (Å²) in [6, 6.07) is 7.70. The van der Waals surface area contributed by atoms with Gasteiger partial charge in [0.15, 0.2) is 0 Å². The second-order valence-corrected chi connectivity index (χ2v) is 5.56. The van der Waals surface area contributed by atoms with Crippen LogP contribution in [0.15, 0.2) is 30.3 Å². The molecule has 1 aromatic rings. The average molecular weight is 290 g/mol. The molecule has 5 heteroatoms. The van der Waals surface area contributed by atoms with Crippen molar-refractivity contribution in [2.45, 2.75) is 50.7 Å². The molecule has 0 aromatic heterocycles. The van der Waals surface area contributed by atoms with Gasteiger partial charge >= 0.3 is 5.97 Å². The number of carbonyl (C=O) groups excluding carboxylic acids is 1. The number of hydrogen-bond acceptors (Lipinski definition) is 3. The first-order valence-electron chi connectivity index (χ1n) is 7.42. The van der Waals surface area contributed by atoms with E-state index in [9.17, 15) is 14.7 Å². The Hall–Kier alpha value is -1.88. The molecule has 114 valence electrons. The Morgan fingerprint density at radius 3 is 2.38 bits per heavy atom. The molecule has 0 aliphatic heterocycles. The van der Waals surface area contributed by atoms with Gasteiger partial charge in [0.2, 0.25) is 5.91 Å². The topological polar surface area (TPSA) is 78.4 Å². The fourth-order valence-electron chi connectivity index (χ4n) is 2.68. The fourth-order valence-corrected chi connectivity index (χ4v) is 2.68. The van der Waals surface area contributed by atoms with E-state index in [1.807, 2.05) is 6.07 Å². The summed E-state index contributed by atoms with van der Waals surface area (Å²) in [5.41, 5.74) is 0.644. The van der Waals surface area contributed by atoms with Crippen molar-refractivity contribution >= 4 is 11.9 Å². The molecule has 2 atom stereocenters. The first-order chi connectivity index (χ1) is 10.1. The summed E-state index contributed by atoms with van der Waals surface area (Å²) in [5, 5.41) is 15.2. The van der Waals surface area contributed by atoms with Crippen LogP contribution in [0.4, 0.5) is 0 Å². The van der Waals surface area contributed by atoms with Crippen LogP contribution in [0.2, 0.25) is 0 Å². The second kappa shape index (κ2) is 7.22. The van der Waals surface area contributed by atoms with Crippen LogP contribution in [-0.2, 0) is 9.59 Å². The quantitative estimate of drug-likeness (QED) is 0.747. The summed E-state index contributed by atoms with van der Waals surface area (Å²) in [4.78, 5) is 23.5. The zero-order valence-corrected chi connectivity index (χ0v) is 12.2. The molecule has 0 saturated heterocycles. The maximum absolute atomic E-state index is 12.1. The van der Waals surface area contributed by atoms with Gasteiger partial charge in [-0.2, -0.15) is 0 Å². The lowest BCUT2D eigenvalue weighted by molar-refractivity contribution is -0.140. The summed E-state index contributed by atoms with van der Waals surface area (Å²) >= 11 is 0. The second-order valence-electron chi connectivity index (χ2n) is 5.56. The number of aliphatic carboxylic acids is 1. The molecule has 1 aliphatic rings. The maximum atomic E-state index is 12.1. The average Bonchev–Trinajstić information content (AvgIpc) is 2.98. The zero-order chi connectivity index (χ0) is 15.2. The Morgan fingerprint density at radius 2 is 1.81 bits per heavy atom. The molecule has 0 bridgehead atoms. The smallest absolute Gasteiger partial charge is 0.325 e. The van der Waals surface area contributed by atoms with E-state index in [1.165, 1.54) is 0 Å². The molecule has 1 aliphatic carbocycles. The minimum Gasteiger partial charge on any atom is -0.480 e. The standard InChI is InChI=1S/C16H22N2O3/c1-11(15(19)18-13-9-5-6-10-13)17-14(16(20)21)12-7-3-2-4-8-12/h2-4,7-8,11,13-14,17H,5-6,9-10H2,1H3,(H,18,19)(H,20,21). The molecule has 1 amide bonds. The molecule has 0 spiro atoms. The van der Waals surface area contributed by atoms with Crippen molar-refractivity contribution in [3.8, 4) is 0 Å². The van der Waals surface area contributed by atoms with Crippen molar-refractivity contribution in [2.24, 2.45) is 0 Å². The SMILES string of the molecule is CC(NC(C(=O)O)c1ccccc1)C(=O)NC1CCCC1. The lowest BCUT2D eigenvalue weighted by Gasteiger charge is -2.22. The number of carboxylic acids is 1. The Labute approximate surface area is 124 Å². The summed E-state index contributed by atoms with van der Waals surface area (Å²) in [6.45, 7) is 1.70. The van der Waals surface area contributed by atoms with Crippen LogP contribution in [0.3, 0.4) is 0 Å². The molecule has 1 saturated carbocycles. The number of carboxylic acid groups (broad SMARTS) is 1. The lowest BCUT2D eigenvalue weighted by atomic mass is 10.1. The molecular formula is C16H22N2O3. The maximum Gasteiger partial charge on any atom is 0.325 e. The third-order valence-corrected chi connectivity index (χ3v) is 3.89. The largest absolute Gasteiger partial charge is 0.480 e. The van der Waals surface area contributed by atoms with E-state index in [1.54, 1.807) is 31.2 Å². The van der Waals surface area contributed by atoms with Gasteiger partial charge in [-0.1, -0.05) is 43.2 Å². The number of nitrogens with one attached hydrogen (secondary N) is 2. The highest BCUT2D eigenvalue weighted by molar-refractivity contribution is 5.83. The molecular weight excluding hydrogens is 268 g/mol.